The van der Waals surface area contributed by atoms with Gasteiger partial charge in [0.2, 0.25) is 11.7 Å². The molecule has 3 aromatic heterocycles. The molecule has 0 saturated carbocycles. The number of amides is 2. The Morgan fingerprint density at radius 2 is 1.66 bits per heavy atom. The molecule has 5 rings (SSSR count). The maximum Gasteiger partial charge on any atom is 0.266 e. The van der Waals surface area contributed by atoms with Gasteiger partial charge in [-0.3, -0.25) is 19.4 Å². The van der Waals surface area contributed by atoms with Crippen molar-refractivity contribution in [3.05, 3.63) is 118 Å². The Hall–Kier alpha value is -4.68. The van der Waals surface area contributed by atoms with Gasteiger partial charge in [-0.25, -0.2) is 13.4 Å². The zero-order valence-electron chi connectivity index (χ0n) is 23.8. The summed E-state index contributed by atoms with van der Waals surface area (Å²) in [5.41, 5.74) is 3.10. The van der Waals surface area contributed by atoms with E-state index in [-0.39, 0.29) is 17.9 Å². The summed E-state index contributed by atoms with van der Waals surface area (Å²) in [6, 6.07) is 20.3. The van der Waals surface area contributed by atoms with E-state index in [4.69, 9.17) is 4.42 Å². The molecule has 0 aliphatic heterocycles. The molecule has 10 nitrogen and oxygen atoms in total. The standard InChI is InChI=1S/C32H30N4O6S2/c1-21-8-7-11-24(33-21)19-44(40,41)20-27(35-30(38)23-16-17-43-18-23)31(39)34-26(15-14-22-9-3-2-4-10-22)29(37)32-36-25-12-5-6-13-28(25)42-32/h2-13,16-18,26-27H,14-15,19-20H2,1H3,(H,34,39)(H,35,38)/t26-,27-/m0/s1. The molecule has 0 saturated heterocycles. The number of hydrogen-bond donors (Lipinski definition) is 2. The quantitative estimate of drug-likeness (QED) is 0.183. The fourth-order valence-electron chi connectivity index (χ4n) is 4.66. The van der Waals surface area contributed by atoms with Crippen molar-refractivity contribution in [3.63, 3.8) is 0 Å². The minimum Gasteiger partial charge on any atom is -0.434 e. The lowest BCUT2D eigenvalue weighted by molar-refractivity contribution is -0.123. The molecule has 0 unspecified atom stereocenters. The molecular formula is C32H30N4O6S2. The molecule has 2 N–H and O–H groups in total. The Bertz CT molecular complexity index is 1840. The van der Waals surface area contributed by atoms with Gasteiger partial charge in [-0.05, 0) is 61.0 Å². The third kappa shape index (κ3) is 8.03. The van der Waals surface area contributed by atoms with Gasteiger partial charge in [0.15, 0.2) is 15.4 Å². The summed E-state index contributed by atoms with van der Waals surface area (Å²) in [5.74, 6) is -3.31. The maximum absolute atomic E-state index is 13.8. The number of fused-ring (bicyclic) bond motifs is 1. The van der Waals surface area contributed by atoms with Gasteiger partial charge in [0.05, 0.1) is 28.8 Å². The molecule has 2 amide bonds. The number of hydrogen-bond acceptors (Lipinski definition) is 9. The summed E-state index contributed by atoms with van der Waals surface area (Å²) in [6.07, 6.45) is 0.611. The Kier molecular flexibility index (Phi) is 9.61. The van der Waals surface area contributed by atoms with E-state index in [2.05, 4.69) is 20.6 Å². The van der Waals surface area contributed by atoms with Gasteiger partial charge in [0.1, 0.15) is 11.6 Å². The smallest absolute Gasteiger partial charge is 0.266 e. The first-order chi connectivity index (χ1) is 21.2. The summed E-state index contributed by atoms with van der Waals surface area (Å²) in [4.78, 5) is 49.0. The monoisotopic (exact) mass is 630 g/mol. The van der Waals surface area contributed by atoms with E-state index < -0.39 is 51.0 Å². The number of pyridine rings is 1. The maximum atomic E-state index is 13.8. The number of Topliss-reactive ketones (excluding diaryl/α,β-unsaturated/α-hetero) is 1. The SMILES string of the molecule is Cc1cccc(CS(=O)(=O)C[C@H](NC(=O)c2ccsc2)C(=O)N[C@@H](CCc2ccccc2)C(=O)c2nc3ccccc3o2)n1. The normalized spacial score (nSPS) is 12.8. The summed E-state index contributed by atoms with van der Waals surface area (Å²) < 4.78 is 32.3. The highest BCUT2D eigenvalue weighted by Crippen LogP contribution is 2.18. The van der Waals surface area contributed by atoms with Crippen LogP contribution in [-0.2, 0) is 26.8 Å². The van der Waals surface area contributed by atoms with Gasteiger partial charge >= 0.3 is 0 Å². The Morgan fingerprint density at radius 3 is 2.39 bits per heavy atom. The molecule has 0 radical (unpaired) electrons. The number of carbonyl (C=O) groups is 3. The third-order valence-electron chi connectivity index (χ3n) is 6.84. The number of nitrogens with one attached hydrogen (secondary N) is 2. The van der Waals surface area contributed by atoms with Crippen LogP contribution in [0.15, 0.2) is 94.0 Å². The zero-order chi connectivity index (χ0) is 31.1. The number of benzene rings is 2. The van der Waals surface area contributed by atoms with E-state index in [9.17, 15) is 22.8 Å². The van der Waals surface area contributed by atoms with Crippen LogP contribution >= 0.6 is 11.3 Å². The Morgan fingerprint density at radius 1 is 0.886 bits per heavy atom. The summed E-state index contributed by atoms with van der Waals surface area (Å²) in [7, 11) is -3.94. The van der Waals surface area contributed by atoms with Crippen LogP contribution < -0.4 is 10.6 Å². The van der Waals surface area contributed by atoms with Crippen molar-refractivity contribution in [2.75, 3.05) is 5.75 Å². The predicted octanol–water partition coefficient (Wildman–Crippen LogP) is 4.31. The Balaban J connectivity index is 1.40. The van der Waals surface area contributed by atoms with Gasteiger partial charge < -0.3 is 15.1 Å². The second-order valence-electron chi connectivity index (χ2n) is 10.3. The van der Waals surface area contributed by atoms with Crippen LogP contribution in [-0.4, -0.2) is 53.8 Å². The van der Waals surface area contributed by atoms with Crippen LogP contribution in [0, 0.1) is 6.92 Å². The Labute approximate surface area is 258 Å². The average molecular weight is 631 g/mol. The highest BCUT2D eigenvalue weighted by Gasteiger charge is 2.33. The van der Waals surface area contributed by atoms with E-state index in [1.807, 2.05) is 30.3 Å². The van der Waals surface area contributed by atoms with Crippen molar-refractivity contribution in [3.8, 4) is 0 Å². The molecular weight excluding hydrogens is 601 g/mol. The minimum atomic E-state index is -3.94. The number of ketones is 1. The van der Waals surface area contributed by atoms with Crippen LogP contribution in [0.25, 0.3) is 11.1 Å². The molecule has 0 bridgehead atoms. The number of rotatable bonds is 13. The summed E-state index contributed by atoms with van der Waals surface area (Å²) in [5, 5.41) is 8.54. The molecule has 0 fully saturated rings. The first kappa shape index (κ1) is 30.8. The molecule has 0 aliphatic carbocycles. The van der Waals surface area contributed by atoms with E-state index in [0.29, 0.717) is 28.9 Å². The number of oxazole rings is 1. The van der Waals surface area contributed by atoms with Crippen molar-refractivity contribution in [1.29, 1.82) is 0 Å². The van der Waals surface area contributed by atoms with Crippen LogP contribution in [0.5, 0.6) is 0 Å². The van der Waals surface area contributed by atoms with Crippen molar-refractivity contribution in [2.45, 2.75) is 37.6 Å². The molecule has 0 spiro atoms. The molecule has 5 aromatic rings. The van der Waals surface area contributed by atoms with Crippen LogP contribution in [0.1, 0.15) is 44.4 Å². The van der Waals surface area contributed by atoms with Gasteiger partial charge in [-0.2, -0.15) is 11.3 Å². The number of sulfone groups is 1. The summed E-state index contributed by atoms with van der Waals surface area (Å²) in [6.45, 7) is 1.75. The van der Waals surface area contributed by atoms with Gasteiger partial charge in [-0.1, -0.05) is 48.5 Å². The fraction of sp³-hybridized carbons (Fsp3) is 0.219. The first-order valence-corrected chi connectivity index (χ1v) is 16.6. The topological polar surface area (TPSA) is 148 Å². The molecule has 2 atom stereocenters. The molecule has 3 heterocycles. The lowest BCUT2D eigenvalue weighted by Crippen LogP contribution is -2.54. The van der Waals surface area contributed by atoms with Crippen molar-refractivity contribution >= 4 is 49.9 Å². The van der Waals surface area contributed by atoms with Crippen molar-refractivity contribution < 1.29 is 27.2 Å². The molecule has 0 aliphatic rings. The van der Waals surface area contributed by atoms with Crippen molar-refractivity contribution in [2.24, 2.45) is 0 Å². The second kappa shape index (κ2) is 13.7. The fourth-order valence-corrected chi connectivity index (χ4v) is 6.77. The van der Waals surface area contributed by atoms with Crippen molar-refractivity contribution in [1.82, 2.24) is 20.6 Å². The average Bonchev–Trinajstić information content (AvgIpc) is 3.69. The van der Waals surface area contributed by atoms with E-state index in [1.165, 1.54) is 11.3 Å². The van der Waals surface area contributed by atoms with Gasteiger partial charge in [0, 0.05) is 11.1 Å². The lowest BCUT2D eigenvalue weighted by Gasteiger charge is -2.22. The van der Waals surface area contributed by atoms with Crippen LogP contribution in [0.3, 0.4) is 0 Å². The van der Waals surface area contributed by atoms with E-state index >= 15 is 0 Å². The number of para-hydroxylation sites is 2. The predicted molar refractivity (Wildman–Crippen MR) is 167 cm³/mol. The van der Waals surface area contributed by atoms with E-state index in [1.54, 1.807) is 66.2 Å². The highest BCUT2D eigenvalue weighted by atomic mass is 32.2. The number of aryl methyl sites for hydroxylation is 2. The zero-order valence-corrected chi connectivity index (χ0v) is 25.4. The molecule has 12 heteroatoms. The number of nitrogens with zero attached hydrogens (tertiary/aromatic N) is 2. The molecule has 226 valence electrons. The van der Waals surface area contributed by atoms with Gasteiger partial charge in [-0.15, -0.1) is 0 Å². The number of carbonyl (C=O) groups excluding carboxylic acids is 3. The van der Waals surface area contributed by atoms with E-state index in [0.717, 1.165) is 5.56 Å². The third-order valence-corrected chi connectivity index (χ3v) is 9.10. The summed E-state index contributed by atoms with van der Waals surface area (Å²) >= 11 is 1.29. The van der Waals surface area contributed by atoms with Crippen LogP contribution in [0.4, 0.5) is 0 Å². The first-order valence-electron chi connectivity index (χ1n) is 13.9. The van der Waals surface area contributed by atoms with Gasteiger partial charge in [0.25, 0.3) is 11.8 Å². The lowest BCUT2D eigenvalue weighted by atomic mass is 10.0. The minimum absolute atomic E-state index is 0.179. The largest absolute Gasteiger partial charge is 0.434 e. The second-order valence-corrected chi connectivity index (χ2v) is 13.2. The molecule has 2 aromatic carbocycles. The number of thiophene rings is 1. The number of aromatic nitrogens is 2. The highest BCUT2D eigenvalue weighted by molar-refractivity contribution is 7.90. The van der Waals surface area contributed by atoms with Crippen LogP contribution in [0.2, 0.25) is 0 Å². The molecule has 44 heavy (non-hydrogen) atoms.